The number of amides is 1. The number of esters is 1. The molecule has 1 atom stereocenters. The molecular weight excluding hydrogens is 328 g/mol. The van der Waals surface area contributed by atoms with Crippen LogP contribution in [-0.4, -0.2) is 32.7 Å². The van der Waals surface area contributed by atoms with Gasteiger partial charge in [-0.15, -0.1) is 0 Å². The molecule has 1 rings (SSSR count). The van der Waals surface area contributed by atoms with Crippen molar-refractivity contribution in [2.24, 2.45) is 5.92 Å². The standard InChI is InChI=1S/C13H17BrN2O4/c1-8(7-19-2)12(17)16-15-11-6-9(13(18)20-3)4-5-10(11)14/h4-6,8,15H,7H2,1-3H3,(H,16,17)/t8-/m0/s1. The molecule has 0 heterocycles. The first-order chi connectivity index (χ1) is 9.49. The third-order valence-electron chi connectivity index (χ3n) is 2.57. The number of hydrazine groups is 1. The minimum Gasteiger partial charge on any atom is -0.465 e. The van der Waals surface area contributed by atoms with Gasteiger partial charge >= 0.3 is 5.97 Å². The number of methoxy groups -OCH3 is 2. The van der Waals surface area contributed by atoms with Crippen LogP contribution in [0.1, 0.15) is 17.3 Å². The van der Waals surface area contributed by atoms with E-state index in [4.69, 9.17) is 4.74 Å². The summed E-state index contributed by atoms with van der Waals surface area (Å²) in [5.41, 5.74) is 6.27. The minimum absolute atomic E-state index is 0.206. The van der Waals surface area contributed by atoms with Gasteiger partial charge in [0, 0.05) is 11.6 Å². The monoisotopic (exact) mass is 344 g/mol. The number of hydrogen-bond donors (Lipinski definition) is 2. The van der Waals surface area contributed by atoms with Gasteiger partial charge in [0.25, 0.3) is 0 Å². The predicted molar refractivity (Wildman–Crippen MR) is 78.3 cm³/mol. The molecule has 7 heteroatoms. The van der Waals surface area contributed by atoms with Crippen molar-refractivity contribution < 1.29 is 19.1 Å². The SMILES string of the molecule is COC[C@H](C)C(=O)NNc1cc(C(=O)OC)ccc1Br. The summed E-state index contributed by atoms with van der Waals surface area (Å²) in [4.78, 5) is 23.2. The second-order valence-electron chi connectivity index (χ2n) is 4.16. The molecule has 0 aliphatic carbocycles. The van der Waals surface area contributed by atoms with Gasteiger partial charge in [-0.2, -0.15) is 0 Å². The molecule has 0 fully saturated rings. The number of halogens is 1. The summed E-state index contributed by atoms with van der Waals surface area (Å²) >= 11 is 3.33. The second kappa shape index (κ2) is 7.86. The van der Waals surface area contributed by atoms with Crippen molar-refractivity contribution in [1.82, 2.24) is 5.43 Å². The molecule has 20 heavy (non-hydrogen) atoms. The molecule has 0 saturated heterocycles. The predicted octanol–water partition coefficient (Wildman–Crippen LogP) is 1.96. The summed E-state index contributed by atoms with van der Waals surface area (Å²) in [6.45, 7) is 2.08. The Hall–Kier alpha value is -1.60. The lowest BCUT2D eigenvalue weighted by atomic mass is 10.2. The highest BCUT2D eigenvalue weighted by Crippen LogP contribution is 2.23. The van der Waals surface area contributed by atoms with Crippen LogP contribution in [0.25, 0.3) is 0 Å². The van der Waals surface area contributed by atoms with Gasteiger partial charge in [-0.25, -0.2) is 4.79 Å². The Labute approximate surface area is 125 Å². The van der Waals surface area contributed by atoms with E-state index in [1.165, 1.54) is 14.2 Å². The van der Waals surface area contributed by atoms with Crippen LogP contribution < -0.4 is 10.9 Å². The molecule has 0 aliphatic rings. The Kier molecular flexibility index (Phi) is 6.47. The zero-order valence-corrected chi connectivity index (χ0v) is 13.1. The first-order valence-corrected chi connectivity index (χ1v) is 6.71. The molecule has 0 aromatic heterocycles. The number of hydrogen-bond acceptors (Lipinski definition) is 5. The number of carbonyl (C=O) groups excluding carboxylic acids is 2. The van der Waals surface area contributed by atoms with E-state index in [-0.39, 0.29) is 11.8 Å². The van der Waals surface area contributed by atoms with Crippen LogP contribution in [0.2, 0.25) is 0 Å². The normalized spacial score (nSPS) is 11.6. The molecule has 0 aliphatic heterocycles. The van der Waals surface area contributed by atoms with Crippen LogP contribution in [-0.2, 0) is 14.3 Å². The lowest BCUT2D eigenvalue weighted by Crippen LogP contribution is -2.35. The van der Waals surface area contributed by atoms with Crippen LogP contribution >= 0.6 is 15.9 Å². The molecule has 0 saturated carbocycles. The van der Waals surface area contributed by atoms with Gasteiger partial charge in [0.05, 0.1) is 30.9 Å². The van der Waals surface area contributed by atoms with Gasteiger partial charge in [-0.05, 0) is 34.1 Å². The first kappa shape index (κ1) is 16.5. The highest BCUT2D eigenvalue weighted by molar-refractivity contribution is 9.10. The molecule has 0 spiro atoms. The van der Waals surface area contributed by atoms with Crippen molar-refractivity contribution in [3.63, 3.8) is 0 Å². The maximum atomic E-state index is 11.7. The molecule has 110 valence electrons. The van der Waals surface area contributed by atoms with E-state index >= 15 is 0 Å². The zero-order valence-electron chi connectivity index (χ0n) is 11.5. The molecule has 0 bridgehead atoms. The van der Waals surface area contributed by atoms with Crippen LogP contribution in [0.3, 0.4) is 0 Å². The summed E-state index contributed by atoms with van der Waals surface area (Å²) in [5, 5.41) is 0. The average Bonchev–Trinajstić information content (AvgIpc) is 2.45. The lowest BCUT2D eigenvalue weighted by Gasteiger charge is -2.14. The minimum atomic E-state index is -0.445. The van der Waals surface area contributed by atoms with Crippen LogP contribution in [0.4, 0.5) is 5.69 Å². The van der Waals surface area contributed by atoms with Crippen molar-refractivity contribution in [3.05, 3.63) is 28.2 Å². The molecule has 2 N–H and O–H groups in total. The third-order valence-corrected chi connectivity index (χ3v) is 3.26. The van der Waals surface area contributed by atoms with E-state index in [9.17, 15) is 9.59 Å². The first-order valence-electron chi connectivity index (χ1n) is 5.92. The van der Waals surface area contributed by atoms with E-state index in [1.807, 2.05) is 0 Å². The van der Waals surface area contributed by atoms with Gasteiger partial charge in [0.15, 0.2) is 0 Å². The fourth-order valence-corrected chi connectivity index (χ4v) is 1.79. The summed E-state index contributed by atoms with van der Waals surface area (Å²) in [6, 6.07) is 4.90. The largest absolute Gasteiger partial charge is 0.465 e. The van der Waals surface area contributed by atoms with Gasteiger partial charge in [0.1, 0.15) is 0 Å². The Morgan fingerprint density at radius 1 is 1.35 bits per heavy atom. The number of anilines is 1. The van der Waals surface area contributed by atoms with Gasteiger partial charge in [-0.3, -0.25) is 15.6 Å². The quantitative estimate of drug-likeness (QED) is 0.609. The maximum absolute atomic E-state index is 11.7. The smallest absolute Gasteiger partial charge is 0.337 e. The van der Waals surface area contributed by atoms with Crippen LogP contribution in [0.5, 0.6) is 0 Å². The van der Waals surface area contributed by atoms with E-state index in [0.717, 1.165) is 0 Å². The summed E-state index contributed by atoms with van der Waals surface area (Å²) < 4.78 is 10.3. The number of nitrogens with one attached hydrogen (secondary N) is 2. The number of carbonyl (C=O) groups is 2. The Morgan fingerprint density at radius 3 is 2.65 bits per heavy atom. The lowest BCUT2D eigenvalue weighted by molar-refractivity contribution is -0.125. The molecule has 6 nitrogen and oxygen atoms in total. The van der Waals surface area contributed by atoms with Crippen molar-refractivity contribution in [3.8, 4) is 0 Å². The topological polar surface area (TPSA) is 76.7 Å². The van der Waals surface area contributed by atoms with Crippen molar-refractivity contribution in [1.29, 1.82) is 0 Å². The molecule has 0 radical (unpaired) electrons. The molecule has 0 unspecified atom stereocenters. The number of ether oxygens (including phenoxy) is 2. The third kappa shape index (κ3) is 4.50. The summed E-state index contributed by atoms with van der Waals surface area (Å²) in [7, 11) is 2.85. The fraction of sp³-hybridized carbons (Fsp3) is 0.385. The maximum Gasteiger partial charge on any atom is 0.337 e. The van der Waals surface area contributed by atoms with Crippen LogP contribution in [0.15, 0.2) is 22.7 Å². The zero-order chi connectivity index (χ0) is 15.1. The van der Waals surface area contributed by atoms with Crippen LogP contribution in [0, 0.1) is 5.92 Å². The van der Waals surface area contributed by atoms with E-state index in [1.54, 1.807) is 25.1 Å². The number of rotatable bonds is 6. The van der Waals surface area contributed by atoms with Gasteiger partial charge < -0.3 is 9.47 Å². The summed E-state index contributed by atoms with van der Waals surface area (Å²) in [5.74, 6) is -0.933. The van der Waals surface area contributed by atoms with E-state index in [0.29, 0.717) is 22.3 Å². The second-order valence-corrected chi connectivity index (χ2v) is 5.01. The van der Waals surface area contributed by atoms with Gasteiger partial charge in [0.2, 0.25) is 5.91 Å². The number of benzene rings is 1. The highest BCUT2D eigenvalue weighted by Gasteiger charge is 2.13. The average molecular weight is 345 g/mol. The van der Waals surface area contributed by atoms with E-state index < -0.39 is 5.97 Å². The Balaban J connectivity index is 2.72. The Morgan fingerprint density at radius 2 is 2.05 bits per heavy atom. The van der Waals surface area contributed by atoms with E-state index in [2.05, 4.69) is 31.5 Å². The Bertz CT molecular complexity index is 493. The highest BCUT2D eigenvalue weighted by atomic mass is 79.9. The molecule has 1 amide bonds. The summed E-state index contributed by atoms with van der Waals surface area (Å²) in [6.07, 6.45) is 0. The van der Waals surface area contributed by atoms with Crippen molar-refractivity contribution in [2.75, 3.05) is 26.3 Å². The van der Waals surface area contributed by atoms with Crippen molar-refractivity contribution >= 4 is 33.5 Å². The van der Waals surface area contributed by atoms with Crippen molar-refractivity contribution in [2.45, 2.75) is 6.92 Å². The van der Waals surface area contributed by atoms with Gasteiger partial charge in [-0.1, -0.05) is 6.92 Å². The molecule has 1 aromatic carbocycles. The molecular formula is C13H17BrN2O4. The molecule has 1 aromatic rings. The fourth-order valence-electron chi connectivity index (χ4n) is 1.44.